The van der Waals surface area contributed by atoms with E-state index in [4.69, 9.17) is 4.74 Å². The number of allylic oxidation sites excluding steroid dienone is 1. The van der Waals surface area contributed by atoms with E-state index in [1.807, 2.05) is 12.1 Å². The smallest absolute Gasteiger partial charge is 0.123 e. The first-order valence-corrected chi connectivity index (χ1v) is 6.70. The Labute approximate surface area is 109 Å². The summed E-state index contributed by atoms with van der Waals surface area (Å²) in [6.45, 7) is 0.706. The van der Waals surface area contributed by atoms with Crippen molar-refractivity contribution in [3.05, 3.63) is 47.8 Å². The van der Waals surface area contributed by atoms with E-state index in [2.05, 4.69) is 12.2 Å². The van der Waals surface area contributed by atoms with Crippen LogP contribution in [0.15, 0.2) is 36.4 Å². The SMILES string of the molecule is COCC=CC1CCC(c2ccc(F)cc2)CC1. The molecule has 0 unspecified atom stereocenters. The van der Waals surface area contributed by atoms with Crippen LogP contribution in [0.25, 0.3) is 0 Å². The second-order valence-electron chi connectivity index (χ2n) is 5.05. The summed E-state index contributed by atoms with van der Waals surface area (Å²) in [7, 11) is 1.72. The molecule has 0 radical (unpaired) electrons. The number of hydrogen-bond acceptors (Lipinski definition) is 1. The Balaban J connectivity index is 1.84. The molecule has 2 heteroatoms. The van der Waals surface area contributed by atoms with Crippen LogP contribution in [0.5, 0.6) is 0 Å². The highest BCUT2D eigenvalue weighted by Crippen LogP contribution is 2.36. The fourth-order valence-corrected chi connectivity index (χ4v) is 2.72. The molecule has 0 aromatic heterocycles. The van der Waals surface area contributed by atoms with Crippen molar-refractivity contribution < 1.29 is 9.13 Å². The number of ether oxygens (including phenoxy) is 1. The maximum absolute atomic E-state index is 12.9. The number of halogens is 1. The lowest BCUT2D eigenvalue weighted by atomic mass is 9.78. The van der Waals surface area contributed by atoms with Gasteiger partial charge in [-0.15, -0.1) is 0 Å². The van der Waals surface area contributed by atoms with Crippen molar-refractivity contribution in [2.45, 2.75) is 31.6 Å². The molecule has 98 valence electrons. The van der Waals surface area contributed by atoms with E-state index in [0.29, 0.717) is 18.4 Å². The predicted octanol–water partition coefficient (Wildman–Crippen LogP) is 4.30. The third kappa shape index (κ3) is 3.67. The van der Waals surface area contributed by atoms with E-state index >= 15 is 0 Å². The molecule has 18 heavy (non-hydrogen) atoms. The molecule has 1 fully saturated rings. The van der Waals surface area contributed by atoms with Crippen LogP contribution in [0.2, 0.25) is 0 Å². The zero-order valence-electron chi connectivity index (χ0n) is 10.9. The van der Waals surface area contributed by atoms with Gasteiger partial charge < -0.3 is 4.74 Å². The second kappa shape index (κ2) is 6.69. The minimum absolute atomic E-state index is 0.144. The molecular weight excluding hydrogens is 227 g/mol. The number of hydrogen-bond donors (Lipinski definition) is 0. The van der Waals surface area contributed by atoms with E-state index in [0.717, 1.165) is 0 Å². The minimum atomic E-state index is -0.144. The van der Waals surface area contributed by atoms with Gasteiger partial charge in [0.2, 0.25) is 0 Å². The fraction of sp³-hybridized carbons (Fsp3) is 0.500. The lowest BCUT2D eigenvalue weighted by Gasteiger charge is -2.27. The van der Waals surface area contributed by atoms with Gasteiger partial charge in [-0.1, -0.05) is 24.3 Å². The van der Waals surface area contributed by atoms with Gasteiger partial charge in [-0.2, -0.15) is 0 Å². The molecule has 1 aromatic rings. The Morgan fingerprint density at radius 1 is 1.17 bits per heavy atom. The summed E-state index contributed by atoms with van der Waals surface area (Å²) in [6, 6.07) is 7.00. The fourth-order valence-electron chi connectivity index (χ4n) is 2.72. The van der Waals surface area contributed by atoms with Gasteiger partial charge in [-0.05, 0) is 55.2 Å². The van der Waals surface area contributed by atoms with Crippen molar-refractivity contribution in [3.8, 4) is 0 Å². The third-order valence-corrected chi connectivity index (χ3v) is 3.78. The van der Waals surface area contributed by atoms with E-state index in [9.17, 15) is 4.39 Å². The molecule has 0 amide bonds. The van der Waals surface area contributed by atoms with Crippen LogP contribution in [0.3, 0.4) is 0 Å². The molecule has 2 rings (SSSR count). The lowest BCUT2D eigenvalue weighted by Crippen LogP contribution is -2.11. The van der Waals surface area contributed by atoms with Crippen molar-refractivity contribution in [3.63, 3.8) is 0 Å². The zero-order chi connectivity index (χ0) is 12.8. The average Bonchev–Trinajstić information content (AvgIpc) is 2.41. The maximum atomic E-state index is 12.9. The summed E-state index contributed by atoms with van der Waals surface area (Å²) < 4.78 is 17.9. The highest BCUT2D eigenvalue weighted by Gasteiger charge is 2.20. The van der Waals surface area contributed by atoms with Crippen LogP contribution in [-0.2, 0) is 4.74 Å². The maximum Gasteiger partial charge on any atom is 0.123 e. The molecule has 0 heterocycles. The van der Waals surface area contributed by atoms with Crippen LogP contribution < -0.4 is 0 Å². The number of methoxy groups -OCH3 is 1. The summed E-state index contributed by atoms with van der Waals surface area (Å²) in [6.07, 6.45) is 9.25. The summed E-state index contributed by atoms with van der Waals surface area (Å²) in [5.41, 5.74) is 1.29. The molecule has 1 aliphatic carbocycles. The molecule has 0 atom stereocenters. The highest BCUT2D eigenvalue weighted by molar-refractivity contribution is 5.21. The van der Waals surface area contributed by atoms with Crippen LogP contribution >= 0.6 is 0 Å². The monoisotopic (exact) mass is 248 g/mol. The van der Waals surface area contributed by atoms with Gasteiger partial charge in [0.05, 0.1) is 6.61 Å². The van der Waals surface area contributed by atoms with Crippen molar-refractivity contribution in [2.24, 2.45) is 5.92 Å². The van der Waals surface area contributed by atoms with Crippen molar-refractivity contribution >= 4 is 0 Å². The van der Waals surface area contributed by atoms with E-state index in [-0.39, 0.29) is 5.82 Å². The van der Waals surface area contributed by atoms with Crippen molar-refractivity contribution in [1.82, 2.24) is 0 Å². The number of benzene rings is 1. The average molecular weight is 248 g/mol. The van der Waals surface area contributed by atoms with E-state index in [1.54, 1.807) is 19.2 Å². The first kappa shape index (κ1) is 13.3. The second-order valence-corrected chi connectivity index (χ2v) is 5.05. The van der Waals surface area contributed by atoms with Crippen molar-refractivity contribution in [1.29, 1.82) is 0 Å². The van der Waals surface area contributed by atoms with Crippen LogP contribution in [0, 0.1) is 11.7 Å². The largest absolute Gasteiger partial charge is 0.381 e. The molecule has 0 saturated heterocycles. The summed E-state index contributed by atoms with van der Waals surface area (Å²) in [5.74, 6) is 1.16. The Morgan fingerprint density at radius 2 is 1.83 bits per heavy atom. The first-order valence-electron chi connectivity index (χ1n) is 6.70. The first-order chi connectivity index (χ1) is 8.79. The molecule has 0 aliphatic heterocycles. The van der Waals surface area contributed by atoms with Crippen molar-refractivity contribution in [2.75, 3.05) is 13.7 Å². The van der Waals surface area contributed by atoms with Gasteiger partial charge in [-0.3, -0.25) is 0 Å². The minimum Gasteiger partial charge on any atom is -0.381 e. The normalized spacial score (nSPS) is 24.6. The molecule has 1 aliphatic rings. The lowest BCUT2D eigenvalue weighted by molar-refractivity contribution is 0.233. The number of rotatable bonds is 4. The zero-order valence-corrected chi connectivity index (χ0v) is 10.9. The summed E-state index contributed by atoms with van der Waals surface area (Å²) >= 11 is 0. The standard InChI is InChI=1S/C16H21FO/c1-18-12-2-3-13-4-6-14(7-5-13)15-8-10-16(17)11-9-15/h2-3,8-11,13-14H,4-7,12H2,1H3. The van der Waals surface area contributed by atoms with Gasteiger partial charge in [0.25, 0.3) is 0 Å². The van der Waals surface area contributed by atoms with Crippen LogP contribution in [-0.4, -0.2) is 13.7 Å². The predicted molar refractivity (Wildman–Crippen MR) is 72.1 cm³/mol. The van der Waals surface area contributed by atoms with Gasteiger partial charge >= 0.3 is 0 Å². The molecule has 1 aromatic carbocycles. The third-order valence-electron chi connectivity index (χ3n) is 3.78. The highest BCUT2D eigenvalue weighted by atomic mass is 19.1. The summed E-state index contributed by atoms with van der Waals surface area (Å²) in [5, 5.41) is 0. The Hall–Kier alpha value is -1.15. The molecule has 0 spiro atoms. The van der Waals surface area contributed by atoms with Gasteiger partial charge in [0.1, 0.15) is 5.82 Å². The molecular formula is C16H21FO. The molecule has 0 N–H and O–H groups in total. The quantitative estimate of drug-likeness (QED) is 0.722. The Kier molecular flexibility index (Phi) is 4.94. The molecule has 1 saturated carbocycles. The van der Waals surface area contributed by atoms with E-state index < -0.39 is 0 Å². The van der Waals surface area contributed by atoms with E-state index in [1.165, 1.54) is 31.2 Å². The summed E-state index contributed by atoms with van der Waals surface area (Å²) in [4.78, 5) is 0. The molecule has 0 bridgehead atoms. The molecule has 1 nitrogen and oxygen atoms in total. The van der Waals surface area contributed by atoms with Crippen LogP contribution in [0.4, 0.5) is 4.39 Å². The Bertz CT molecular complexity index is 375. The van der Waals surface area contributed by atoms with Gasteiger partial charge in [0.15, 0.2) is 0 Å². The van der Waals surface area contributed by atoms with Gasteiger partial charge in [-0.25, -0.2) is 4.39 Å². The topological polar surface area (TPSA) is 9.23 Å². The van der Waals surface area contributed by atoms with Crippen LogP contribution in [0.1, 0.15) is 37.2 Å². The Morgan fingerprint density at radius 3 is 2.44 bits per heavy atom. The van der Waals surface area contributed by atoms with Gasteiger partial charge in [0, 0.05) is 7.11 Å².